The predicted octanol–water partition coefficient (Wildman–Crippen LogP) is 3.16. The van der Waals surface area contributed by atoms with E-state index in [0.29, 0.717) is 11.4 Å². The van der Waals surface area contributed by atoms with Crippen molar-refractivity contribution in [3.63, 3.8) is 0 Å². The fourth-order valence-corrected chi connectivity index (χ4v) is 3.53. The van der Waals surface area contributed by atoms with E-state index in [2.05, 4.69) is 15.4 Å². The smallest absolute Gasteiger partial charge is 0.261 e. The molecule has 27 heavy (non-hydrogen) atoms. The van der Waals surface area contributed by atoms with Crippen LogP contribution in [-0.4, -0.2) is 27.4 Å². The number of benzene rings is 2. The Bertz CT molecular complexity index is 864. The van der Waals surface area contributed by atoms with Gasteiger partial charge in [0.2, 0.25) is 5.91 Å². The van der Waals surface area contributed by atoms with Gasteiger partial charge in [-0.15, -0.1) is 12.4 Å². The first kappa shape index (κ1) is 21.2. The standard InChI is InChI=1S/C19H23N3O3S.ClH/c1-14-2-10-18(11-3-14)26(24,25)22-17-8-6-16(7-9-17)21-19(23)13-20-12-15-4-5-15;/h2-3,6-11,15,20,22H,4-5,12-13H2,1H3,(H,21,23);1H. The molecule has 0 radical (unpaired) electrons. The number of sulfonamides is 1. The van der Waals surface area contributed by atoms with Gasteiger partial charge in [-0.25, -0.2) is 8.42 Å². The van der Waals surface area contributed by atoms with Crippen LogP contribution in [0.25, 0.3) is 0 Å². The van der Waals surface area contributed by atoms with Crippen LogP contribution in [0.5, 0.6) is 0 Å². The fraction of sp³-hybridized carbons (Fsp3) is 0.316. The first-order valence-corrected chi connectivity index (χ1v) is 10.1. The third-order valence-electron chi connectivity index (χ3n) is 4.17. The van der Waals surface area contributed by atoms with Gasteiger partial charge in [-0.05, 0) is 68.6 Å². The maximum Gasteiger partial charge on any atom is 0.261 e. The second-order valence-electron chi connectivity index (χ2n) is 6.62. The van der Waals surface area contributed by atoms with Gasteiger partial charge in [0.05, 0.1) is 11.4 Å². The summed E-state index contributed by atoms with van der Waals surface area (Å²) in [6.45, 7) is 3.06. The summed E-state index contributed by atoms with van der Waals surface area (Å²) in [6, 6.07) is 13.2. The molecule has 3 N–H and O–H groups in total. The number of carbonyl (C=O) groups excluding carboxylic acids is 1. The second kappa shape index (κ2) is 9.21. The number of amides is 1. The number of aryl methyl sites for hydroxylation is 1. The average molecular weight is 410 g/mol. The van der Waals surface area contributed by atoms with Crippen LogP contribution >= 0.6 is 12.4 Å². The van der Waals surface area contributed by atoms with Gasteiger partial charge in [-0.3, -0.25) is 9.52 Å². The van der Waals surface area contributed by atoms with E-state index < -0.39 is 10.0 Å². The lowest BCUT2D eigenvalue weighted by Crippen LogP contribution is -2.29. The van der Waals surface area contributed by atoms with Gasteiger partial charge >= 0.3 is 0 Å². The molecule has 3 rings (SSSR count). The number of hydrogen-bond acceptors (Lipinski definition) is 4. The molecule has 0 bridgehead atoms. The molecule has 1 fully saturated rings. The molecule has 2 aromatic rings. The molecular weight excluding hydrogens is 386 g/mol. The Labute approximate surface area is 166 Å². The summed E-state index contributed by atoms with van der Waals surface area (Å²) in [6.07, 6.45) is 2.49. The quantitative estimate of drug-likeness (QED) is 0.625. The van der Waals surface area contributed by atoms with Crippen molar-refractivity contribution in [2.24, 2.45) is 5.92 Å². The summed E-state index contributed by atoms with van der Waals surface area (Å²) < 4.78 is 27.3. The highest BCUT2D eigenvalue weighted by Gasteiger charge is 2.20. The molecule has 0 atom stereocenters. The number of halogens is 1. The molecule has 1 aliphatic rings. The monoisotopic (exact) mass is 409 g/mol. The van der Waals surface area contributed by atoms with E-state index in [4.69, 9.17) is 0 Å². The van der Waals surface area contributed by atoms with E-state index in [-0.39, 0.29) is 29.8 Å². The van der Waals surface area contributed by atoms with E-state index in [0.717, 1.165) is 18.0 Å². The summed E-state index contributed by atoms with van der Waals surface area (Å²) in [4.78, 5) is 12.1. The molecule has 0 aromatic heterocycles. The van der Waals surface area contributed by atoms with Crippen LogP contribution in [0.3, 0.4) is 0 Å². The Morgan fingerprint density at radius 2 is 1.59 bits per heavy atom. The van der Waals surface area contributed by atoms with Crippen LogP contribution in [0, 0.1) is 12.8 Å². The number of hydrogen-bond donors (Lipinski definition) is 3. The number of anilines is 2. The lowest BCUT2D eigenvalue weighted by Gasteiger charge is -2.10. The summed E-state index contributed by atoms with van der Waals surface area (Å²) in [5.74, 6) is 0.613. The number of nitrogens with one attached hydrogen (secondary N) is 3. The van der Waals surface area contributed by atoms with E-state index >= 15 is 0 Å². The molecule has 1 amide bonds. The average Bonchev–Trinajstić information content (AvgIpc) is 3.41. The van der Waals surface area contributed by atoms with Crippen LogP contribution in [0.1, 0.15) is 18.4 Å². The van der Waals surface area contributed by atoms with Gasteiger partial charge in [0.25, 0.3) is 10.0 Å². The highest BCUT2D eigenvalue weighted by atomic mass is 35.5. The predicted molar refractivity (Wildman–Crippen MR) is 110 cm³/mol. The highest BCUT2D eigenvalue weighted by molar-refractivity contribution is 7.92. The van der Waals surface area contributed by atoms with Gasteiger partial charge < -0.3 is 10.6 Å². The van der Waals surface area contributed by atoms with Crippen molar-refractivity contribution < 1.29 is 13.2 Å². The zero-order valence-electron chi connectivity index (χ0n) is 15.1. The molecule has 0 unspecified atom stereocenters. The molecule has 0 heterocycles. The van der Waals surface area contributed by atoms with Crippen LogP contribution in [0.15, 0.2) is 53.4 Å². The molecule has 0 saturated heterocycles. The van der Waals surface area contributed by atoms with Gasteiger partial charge in [0, 0.05) is 11.4 Å². The van der Waals surface area contributed by atoms with Gasteiger partial charge in [0.15, 0.2) is 0 Å². The maximum absolute atomic E-state index is 12.4. The summed E-state index contributed by atoms with van der Waals surface area (Å²) in [7, 11) is -3.63. The van der Waals surface area contributed by atoms with Crippen molar-refractivity contribution in [3.05, 3.63) is 54.1 Å². The number of carbonyl (C=O) groups is 1. The van der Waals surface area contributed by atoms with Gasteiger partial charge in [0.1, 0.15) is 0 Å². The fourth-order valence-electron chi connectivity index (χ4n) is 2.47. The van der Waals surface area contributed by atoms with Crippen LogP contribution < -0.4 is 15.4 Å². The molecular formula is C19H24ClN3O3S. The summed E-state index contributed by atoms with van der Waals surface area (Å²) >= 11 is 0. The van der Waals surface area contributed by atoms with Crippen molar-refractivity contribution in [1.29, 1.82) is 0 Å². The minimum atomic E-state index is -3.63. The van der Waals surface area contributed by atoms with Gasteiger partial charge in [-0.2, -0.15) is 0 Å². The SMILES string of the molecule is Cc1ccc(S(=O)(=O)Nc2ccc(NC(=O)CNCC3CC3)cc2)cc1.Cl. The minimum absolute atomic E-state index is 0. The Morgan fingerprint density at radius 3 is 2.19 bits per heavy atom. The molecule has 0 aliphatic heterocycles. The van der Waals surface area contributed by atoms with Crippen molar-refractivity contribution in [3.8, 4) is 0 Å². The summed E-state index contributed by atoms with van der Waals surface area (Å²) in [5, 5.41) is 5.91. The third-order valence-corrected chi connectivity index (χ3v) is 5.56. The molecule has 146 valence electrons. The van der Waals surface area contributed by atoms with E-state index in [1.54, 1.807) is 48.5 Å². The Morgan fingerprint density at radius 1 is 1.00 bits per heavy atom. The second-order valence-corrected chi connectivity index (χ2v) is 8.30. The lowest BCUT2D eigenvalue weighted by molar-refractivity contribution is -0.115. The maximum atomic E-state index is 12.4. The topological polar surface area (TPSA) is 87.3 Å². The van der Waals surface area contributed by atoms with E-state index in [1.165, 1.54) is 12.8 Å². The van der Waals surface area contributed by atoms with E-state index in [9.17, 15) is 13.2 Å². The normalized spacial score (nSPS) is 13.5. The van der Waals surface area contributed by atoms with Crippen molar-refractivity contribution in [1.82, 2.24) is 5.32 Å². The Hall–Kier alpha value is -2.09. The Balaban J connectivity index is 0.00000261. The molecule has 1 aliphatic carbocycles. The molecule has 6 nitrogen and oxygen atoms in total. The van der Waals surface area contributed by atoms with Crippen molar-refractivity contribution in [2.75, 3.05) is 23.1 Å². The molecule has 2 aromatic carbocycles. The Kier molecular flexibility index (Phi) is 7.24. The largest absolute Gasteiger partial charge is 0.325 e. The zero-order chi connectivity index (χ0) is 18.6. The third kappa shape index (κ3) is 6.53. The van der Waals surface area contributed by atoms with E-state index in [1.807, 2.05) is 6.92 Å². The van der Waals surface area contributed by atoms with Crippen LogP contribution in [0.4, 0.5) is 11.4 Å². The van der Waals surface area contributed by atoms with Crippen LogP contribution in [-0.2, 0) is 14.8 Å². The molecule has 1 saturated carbocycles. The molecule has 8 heteroatoms. The number of rotatable bonds is 8. The van der Waals surface area contributed by atoms with Crippen molar-refractivity contribution >= 4 is 39.7 Å². The van der Waals surface area contributed by atoms with Crippen molar-refractivity contribution in [2.45, 2.75) is 24.7 Å². The summed E-state index contributed by atoms with van der Waals surface area (Å²) in [5.41, 5.74) is 2.06. The highest BCUT2D eigenvalue weighted by Crippen LogP contribution is 2.27. The minimum Gasteiger partial charge on any atom is -0.325 e. The van der Waals surface area contributed by atoms with Gasteiger partial charge in [-0.1, -0.05) is 17.7 Å². The zero-order valence-corrected chi connectivity index (χ0v) is 16.7. The molecule has 0 spiro atoms. The lowest BCUT2D eigenvalue weighted by atomic mass is 10.2. The first-order chi connectivity index (χ1) is 12.4. The first-order valence-electron chi connectivity index (χ1n) is 8.62. The van der Waals surface area contributed by atoms with Crippen LogP contribution in [0.2, 0.25) is 0 Å².